The van der Waals surface area contributed by atoms with Gasteiger partial charge in [0.15, 0.2) is 0 Å². The molecule has 0 atom stereocenters. The van der Waals surface area contributed by atoms with Gasteiger partial charge in [-0.15, -0.1) is 0 Å². The third kappa shape index (κ3) is 4.34. The molecule has 0 unspecified atom stereocenters. The van der Waals surface area contributed by atoms with Crippen LogP contribution in [0.15, 0.2) is 49.1 Å². The number of anilines is 3. The number of carbonyl (C=O) groups excluding carboxylic acids is 1. The molecule has 0 radical (unpaired) electrons. The summed E-state index contributed by atoms with van der Waals surface area (Å²) in [4.78, 5) is 25.2. The van der Waals surface area contributed by atoms with Crippen molar-refractivity contribution in [3.8, 4) is 5.82 Å². The van der Waals surface area contributed by atoms with E-state index in [-0.39, 0.29) is 11.8 Å². The predicted molar refractivity (Wildman–Crippen MR) is 106 cm³/mol. The molecule has 1 aliphatic heterocycles. The monoisotopic (exact) mass is 378 g/mol. The van der Waals surface area contributed by atoms with E-state index in [0.29, 0.717) is 24.9 Å². The molecule has 1 amide bonds. The van der Waals surface area contributed by atoms with E-state index in [1.54, 1.807) is 12.5 Å². The smallest absolute Gasteiger partial charge is 0.227 e. The molecule has 0 aliphatic carbocycles. The van der Waals surface area contributed by atoms with E-state index in [4.69, 9.17) is 4.74 Å². The second kappa shape index (κ2) is 8.18. The Labute approximate surface area is 163 Å². The lowest BCUT2D eigenvalue weighted by Crippen LogP contribution is -2.28. The molecule has 1 aromatic carbocycles. The van der Waals surface area contributed by atoms with Crippen LogP contribution in [0.2, 0.25) is 0 Å². The summed E-state index contributed by atoms with van der Waals surface area (Å²) < 4.78 is 7.14. The highest BCUT2D eigenvalue weighted by Gasteiger charge is 2.21. The molecule has 8 heteroatoms. The number of ether oxygens (including phenoxy) is 1. The third-order valence-electron chi connectivity index (χ3n) is 4.61. The molecule has 28 heavy (non-hydrogen) atoms. The van der Waals surface area contributed by atoms with Crippen molar-refractivity contribution < 1.29 is 9.53 Å². The van der Waals surface area contributed by atoms with Crippen molar-refractivity contribution in [1.29, 1.82) is 0 Å². The first-order valence-electron chi connectivity index (χ1n) is 9.27. The van der Waals surface area contributed by atoms with E-state index in [9.17, 15) is 4.79 Å². The van der Waals surface area contributed by atoms with Crippen LogP contribution < -0.4 is 10.6 Å². The SMILES string of the molecule is Cc1nc(Nc2ccc(NC(=O)C3CCOCC3)cc2)cc(-n2ccnc2)n1. The molecule has 1 aliphatic rings. The van der Waals surface area contributed by atoms with Gasteiger partial charge in [0, 0.05) is 49.0 Å². The number of aromatic nitrogens is 4. The molecule has 1 fully saturated rings. The molecule has 3 aromatic rings. The Bertz CT molecular complexity index is 934. The molecule has 144 valence electrons. The summed E-state index contributed by atoms with van der Waals surface area (Å²) in [7, 11) is 0. The Balaban J connectivity index is 1.42. The van der Waals surface area contributed by atoms with Crippen LogP contribution in [-0.4, -0.2) is 38.6 Å². The normalized spacial score (nSPS) is 14.6. The van der Waals surface area contributed by atoms with Crippen molar-refractivity contribution in [3.63, 3.8) is 0 Å². The maximum atomic E-state index is 12.3. The number of hydrogen-bond acceptors (Lipinski definition) is 6. The van der Waals surface area contributed by atoms with Crippen LogP contribution in [0.1, 0.15) is 18.7 Å². The van der Waals surface area contributed by atoms with Gasteiger partial charge in [-0.2, -0.15) is 0 Å². The quantitative estimate of drug-likeness (QED) is 0.709. The van der Waals surface area contributed by atoms with E-state index < -0.39 is 0 Å². The number of imidazole rings is 1. The molecule has 8 nitrogen and oxygen atoms in total. The Morgan fingerprint density at radius 3 is 2.61 bits per heavy atom. The molecule has 3 heterocycles. The Hall–Kier alpha value is -3.26. The molecule has 2 aromatic heterocycles. The van der Waals surface area contributed by atoms with E-state index in [1.165, 1.54) is 0 Å². The van der Waals surface area contributed by atoms with Gasteiger partial charge in [0.05, 0.1) is 0 Å². The number of benzene rings is 1. The highest BCUT2D eigenvalue weighted by atomic mass is 16.5. The Kier molecular flexibility index (Phi) is 5.29. The zero-order chi connectivity index (χ0) is 19.3. The fraction of sp³-hybridized carbons (Fsp3) is 0.300. The number of aryl methyl sites for hydroxylation is 1. The maximum Gasteiger partial charge on any atom is 0.227 e. The molecule has 1 saturated heterocycles. The molecule has 0 bridgehead atoms. The first kappa shape index (κ1) is 18.1. The minimum absolute atomic E-state index is 0.0251. The lowest BCUT2D eigenvalue weighted by Gasteiger charge is -2.21. The summed E-state index contributed by atoms with van der Waals surface area (Å²) in [5.41, 5.74) is 1.65. The average Bonchev–Trinajstić information content (AvgIpc) is 3.25. The van der Waals surface area contributed by atoms with Gasteiger partial charge >= 0.3 is 0 Å². The van der Waals surface area contributed by atoms with Gasteiger partial charge in [0.25, 0.3) is 0 Å². The summed E-state index contributed by atoms with van der Waals surface area (Å²) in [6, 6.07) is 9.44. The molecular weight excluding hydrogens is 356 g/mol. The van der Waals surface area contributed by atoms with Crippen LogP contribution >= 0.6 is 0 Å². The van der Waals surface area contributed by atoms with Gasteiger partial charge < -0.3 is 15.4 Å². The van der Waals surface area contributed by atoms with Gasteiger partial charge in [0.1, 0.15) is 23.8 Å². The van der Waals surface area contributed by atoms with Crippen LogP contribution in [0, 0.1) is 12.8 Å². The van der Waals surface area contributed by atoms with Crippen molar-refractivity contribution in [2.45, 2.75) is 19.8 Å². The van der Waals surface area contributed by atoms with Crippen LogP contribution in [-0.2, 0) is 9.53 Å². The van der Waals surface area contributed by atoms with E-state index in [0.717, 1.165) is 30.0 Å². The minimum Gasteiger partial charge on any atom is -0.381 e. The lowest BCUT2D eigenvalue weighted by molar-refractivity contribution is -0.122. The standard InChI is InChI=1S/C20H22N6O2/c1-14-22-18(12-19(23-14)26-9-8-21-13-26)24-16-2-4-17(5-3-16)25-20(27)15-6-10-28-11-7-15/h2-5,8-9,12-13,15H,6-7,10-11H2,1H3,(H,25,27)(H,22,23,24). The highest BCUT2D eigenvalue weighted by molar-refractivity contribution is 5.92. The van der Waals surface area contributed by atoms with E-state index >= 15 is 0 Å². The lowest BCUT2D eigenvalue weighted by atomic mass is 9.99. The Morgan fingerprint density at radius 2 is 1.89 bits per heavy atom. The fourth-order valence-electron chi connectivity index (χ4n) is 3.13. The molecule has 0 spiro atoms. The highest BCUT2D eigenvalue weighted by Crippen LogP contribution is 2.21. The molecule has 0 saturated carbocycles. The maximum absolute atomic E-state index is 12.3. The summed E-state index contributed by atoms with van der Waals surface area (Å²) in [6.07, 6.45) is 6.79. The fourth-order valence-corrected chi connectivity index (χ4v) is 3.13. The van der Waals surface area contributed by atoms with Crippen LogP contribution in [0.25, 0.3) is 5.82 Å². The topological polar surface area (TPSA) is 94.0 Å². The number of amides is 1. The second-order valence-electron chi connectivity index (χ2n) is 6.71. The molecule has 2 N–H and O–H groups in total. The third-order valence-corrected chi connectivity index (χ3v) is 4.61. The van der Waals surface area contributed by atoms with Crippen molar-refractivity contribution in [3.05, 3.63) is 54.9 Å². The predicted octanol–water partition coefficient (Wildman–Crippen LogP) is 3.08. The van der Waals surface area contributed by atoms with Crippen LogP contribution in [0.3, 0.4) is 0 Å². The molecular formula is C20H22N6O2. The zero-order valence-electron chi connectivity index (χ0n) is 15.6. The van der Waals surface area contributed by atoms with Gasteiger partial charge in [-0.3, -0.25) is 9.36 Å². The number of carbonyl (C=O) groups is 1. The van der Waals surface area contributed by atoms with E-state index in [2.05, 4.69) is 25.6 Å². The number of nitrogens with zero attached hydrogens (tertiary/aromatic N) is 4. The van der Waals surface area contributed by atoms with Crippen molar-refractivity contribution in [2.24, 2.45) is 5.92 Å². The summed E-state index contributed by atoms with van der Waals surface area (Å²) >= 11 is 0. The Morgan fingerprint density at radius 1 is 1.14 bits per heavy atom. The van der Waals surface area contributed by atoms with Gasteiger partial charge in [0.2, 0.25) is 5.91 Å². The number of hydrogen-bond donors (Lipinski definition) is 2. The minimum atomic E-state index is 0.0251. The van der Waals surface area contributed by atoms with Gasteiger partial charge in [-0.05, 0) is 44.0 Å². The molecule has 4 rings (SSSR count). The van der Waals surface area contributed by atoms with Crippen molar-refractivity contribution in [2.75, 3.05) is 23.8 Å². The number of rotatable bonds is 5. The van der Waals surface area contributed by atoms with Gasteiger partial charge in [-0.25, -0.2) is 15.0 Å². The van der Waals surface area contributed by atoms with Crippen LogP contribution in [0.5, 0.6) is 0 Å². The first-order chi connectivity index (χ1) is 13.7. The largest absolute Gasteiger partial charge is 0.381 e. The summed E-state index contributed by atoms with van der Waals surface area (Å²) in [6.45, 7) is 3.15. The summed E-state index contributed by atoms with van der Waals surface area (Å²) in [5, 5.41) is 6.26. The zero-order valence-corrected chi connectivity index (χ0v) is 15.6. The van der Waals surface area contributed by atoms with Crippen molar-refractivity contribution >= 4 is 23.1 Å². The van der Waals surface area contributed by atoms with Gasteiger partial charge in [-0.1, -0.05) is 0 Å². The van der Waals surface area contributed by atoms with E-state index in [1.807, 2.05) is 48.0 Å². The van der Waals surface area contributed by atoms with Crippen LogP contribution in [0.4, 0.5) is 17.2 Å². The first-order valence-corrected chi connectivity index (χ1v) is 9.27. The summed E-state index contributed by atoms with van der Waals surface area (Å²) in [5.74, 6) is 2.18. The van der Waals surface area contributed by atoms with Crippen molar-refractivity contribution in [1.82, 2.24) is 19.5 Å². The average molecular weight is 378 g/mol. The number of nitrogens with one attached hydrogen (secondary N) is 2. The second-order valence-corrected chi connectivity index (χ2v) is 6.71.